The number of morpholine rings is 1. The molecule has 2 saturated carbocycles. The summed E-state index contributed by atoms with van der Waals surface area (Å²) >= 11 is 0. The molecule has 0 amide bonds. The zero-order valence-electron chi connectivity index (χ0n) is 15.5. The Bertz CT molecular complexity index is 412. The van der Waals surface area contributed by atoms with Gasteiger partial charge in [-0.2, -0.15) is 0 Å². The number of β-amino-alcohol motifs (C(OH)–C–C–N with tert-alkyl or cyclic N) is 1. The predicted molar refractivity (Wildman–Crippen MR) is 91.4 cm³/mol. The summed E-state index contributed by atoms with van der Waals surface area (Å²) in [5.41, 5.74) is 0.560. The Balaban J connectivity index is 1.50. The largest absolute Gasteiger partial charge is 0.389 e. The second-order valence-electron chi connectivity index (χ2n) is 9.26. The van der Waals surface area contributed by atoms with Crippen LogP contribution in [-0.4, -0.2) is 60.7 Å². The Kier molecular flexibility index (Phi) is 4.83. The molecule has 0 radical (unpaired) electrons. The monoisotopic (exact) mass is 325 g/mol. The normalized spacial score (nSPS) is 44.6. The molecule has 1 heterocycles. The van der Waals surface area contributed by atoms with Crippen molar-refractivity contribution in [3.63, 3.8) is 0 Å². The van der Waals surface area contributed by atoms with E-state index >= 15 is 0 Å². The fraction of sp³-hybridized carbons (Fsp3) is 1.00. The molecule has 2 bridgehead atoms. The number of fused-ring (bicyclic) bond motifs is 2. The topological polar surface area (TPSA) is 41.9 Å². The van der Waals surface area contributed by atoms with Gasteiger partial charge in [0.25, 0.3) is 0 Å². The van der Waals surface area contributed by atoms with Gasteiger partial charge in [-0.05, 0) is 49.9 Å². The Morgan fingerprint density at radius 3 is 2.43 bits per heavy atom. The lowest BCUT2D eigenvalue weighted by Gasteiger charge is -2.43. The number of ether oxygens (including phenoxy) is 2. The lowest BCUT2D eigenvalue weighted by atomic mass is 9.70. The highest BCUT2D eigenvalue weighted by atomic mass is 16.5. The summed E-state index contributed by atoms with van der Waals surface area (Å²) < 4.78 is 12.1. The van der Waals surface area contributed by atoms with Gasteiger partial charge in [0.1, 0.15) is 0 Å². The molecule has 1 saturated heterocycles. The van der Waals surface area contributed by atoms with E-state index in [9.17, 15) is 5.11 Å². The van der Waals surface area contributed by atoms with Crippen LogP contribution in [0.2, 0.25) is 0 Å². The Morgan fingerprint density at radius 2 is 1.87 bits per heavy atom. The molecule has 4 nitrogen and oxygen atoms in total. The van der Waals surface area contributed by atoms with E-state index in [1.807, 2.05) is 0 Å². The second kappa shape index (κ2) is 6.29. The minimum absolute atomic E-state index is 0.245. The van der Waals surface area contributed by atoms with Crippen LogP contribution in [-0.2, 0) is 9.47 Å². The molecule has 23 heavy (non-hydrogen) atoms. The van der Waals surface area contributed by atoms with Crippen LogP contribution in [0.4, 0.5) is 0 Å². The highest BCUT2D eigenvalue weighted by Gasteiger charge is 2.60. The molecule has 0 spiro atoms. The number of hydrogen-bond acceptors (Lipinski definition) is 4. The summed E-state index contributed by atoms with van der Waals surface area (Å²) in [7, 11) is 0. The van der Waals surface area contributed by atoms with E-state index in [0.717, 1.165) is 19.0 Å². The SMILES string of the molecule is C[C@@H]1CN(C[C@H](O)CO[C@@H]2C(C)(C)[C@H]3CC[C@@]2(C)C3)C[C@H](C)O1. The number of rotatable bonds is 5. The highest BCUT2D eigenvalue weighted by molar-refractivity contribution is 5.09. The van der Waals surface area contributed by atoms with Crippen LogP contribution in [0.1, 0.15) is 53.9 Å². The Labute approximate surface area is 141 Å². The summed E-state index contributed by atoms with van der Waals surface area (Å²) in [6.45, 7) is 14.2. The first-order valence-electron chi connectivity index (χ1n) is 9.38. The van der Waals surface area contributed by atoms with Crippen LogP contribution in [0, 0.1) is 16.7 Å². The molecule has 3 rings (SSSR count). The molecule has 0 aromatic rings. The number of aliphatic hydroxyl groups is 1. The van der Waals surface area contributed by atoms with E-state index in [-0.39, 0.29) is 23.7 Å². The van der Waals surface area contributed by atoms with Gasteiger partial charge in [0, 0.05) is 19.6 Å². The fourth-order valence-corrected chi connectivity index (χ4v) is 5.66. The highest BCUT2D eigenvalue weighted by Crippen LogP contribution is 2.63. The second-order valence-corrected chi connectivity index (χ2v) is 9.26. The molecule has 0 aromatic heterocycles. The lowest BCUT2D eigenvalue weighted by molar-refractivity contribution is -0.121. The Morgan fingerprint density at radius 1 is 1.22 bits per heavy atom. The van der Waals surface area contributed by atoms with E-state index in [1.54, 1.807) is 0 Å². The zero-order valence-corrected chi connectivity index (χ0v) is 15.5. The number of aliphatic hydroxyl groups excluding tert-OH is 1. The molecule has 0 aromatic carbocycles. The molecule has 1 aliphatic heterocycles. The van der Waals surface area contributed by atoms with Gasteiger partial charge in [-0.1, -0.05) is 20.8 Å². The fourth-order valence-electron chi connectivity index (χ4n) is 5.66. The van der Waals surface area contributed by atoms with Crippen molar-refractivity contribution >= 4 is 0 Å². The van der Waals surface area contributed by atoms with E-state index in [2.05, 4.69) is 39.5 Å². The van der Waals surface area contributed by atoms with E-state index in [4.69, 9.17) is 9.47 Å². The van der Waals surface area contributed by atoms with Gasteiger partial charge >= 0.3 is 0 Å². The van der Waals surface area contributed by atoms with Crippen molar-refractivity contribution in [3.8, 4) is 0 Å². The standard InChI is InChI=1S/C19H35NO3/c1-13-9-20(10-14(2)23-13)11-16(21)12-22-17-18(3,4)15-6-7-19(17,5)8-15/h13-17,21H,6-12H2,1-5H3/t13-,14+,15-,16-,17+,19-/m0/s1. The molecular weight excluding hydrogens is 290 g/mol. The zero-order chi connectivity index (χ0) is 16.8. The number of hydrogen-bond donors (Lipinski definition) is 1. The van der Waals surface area contributed by atoms with Crippen molar-refractivity contribution in [3.05, 3.63) is 0 Å². The van der Waals surface area contributed by atoms with Crippen molar-refractivity contribution in [2.75, 3.05) is 26.2 Å². The van der Waals surface area contributed by atoms with Gasteiger partial charge in [0.15, 0.2) is 0 Å². The summed E-state index contributed by atoms with van der Waals surface area (Å²) in [5.74, 6) is 0.788. The molecule has 0 unspecified atom stereocenters. The summed E-state index contributed by atoms with van der Waals surface area (Å²) in [5, 5.41) is 10.5. The van der Waals surface area contributed by atoms with Crippen LogP contribution in [0.15, 0.2) is 0 Å². The van der Waals surface area contributed by atoms with Gasteiger partial charge in [-0.15, -0.1) is 0 Å². The van der Waals surface area contributed by atoms with Crippen LogP contribution in [0.3, 0.4) is 0 Å². The first kappa shape index (κ1) is 17.7. The quantitative estimate of drug-likeness (QED) is 0.844. The average molecular weight is 325 g/mol. The average Bonchev–Trinajstić information content (AvgIpc) is 2.88. The van der Waals surface area contributed by atoms with Gasteiger partial charge in [0.05, 0.1) is 31.0 Å². The van der Waals surface area contributed by atoms with Crippen molar-refractivity contribution < 1.29 is 14.6 Å². The maximum Gasteiger partial charge on any atom is 0.0900 e. The van der Waals surface area contributed by atoms with Crippen molar-refractivity contribution in [1.29, 1.82) is 0 Å². The van der Waals surface area contributed by atoms with Gasteiger partial charge in [-0.3, -0.25) is 4.90 Å². The number of nitrogens with zero attached hydrogens (tertiary/aromatic N) is 1. The molecule has 134 valence electrons. The third kappa shape index (κ3) is 3.46. The molecule has 3 aliphatic rings. The maximum atomic E-state index is 10.5. The molecular formula is C19H35NO3. The lowest BCUT2D eigenvalue weighted by Crippen LogP contribution is -2.49. The van der Waals surface area contributed by atoms with Crippen molar-refractivity contribution in [2.45, 2.75) is 78.3 Å². The van der Waals surface area contributed by atoms with E-state index in [1.165, 1.54) is 19.3 Å². The van der Waals surface area contributed by atoms with Gasteiger partial charge in [-0.25, -0.2) is 0 Å². The summed E-state index contributed by atoms with van der Waals surface area (Å²) in [4.78, 5) is 2.31. The molecule has 6 atom stereocenters. The van der Waals surface area contributed by atoms with Crippen molar-refractivity contribution in [1.82, 2.24) is 4.90 Å². The van der Waals surface area contributed by atoms with E-state index < -0.39 is 6.10 Å². The summed E-state index contributed by atoms with van der Waals surface area (Å²) in [6.07, 6.45) is 4.28. The molecule has 4 heteroatoms. The van der Waals surface area contributed by atoms with Crippen molar-refractivity contribution in [2.24, 2.45) is 16.7 Å². The predicted octanol–water partition coefficient (Wildman–Crippen LogP) is 2.69. The van der Waals surface area contributed by atoms with Crippen LogP contribution in [0.5, 0.6) is 0 Å². The Hall–Kier alpha value is -0.160. The third-order valence-corrected chi connectivity index (χ3v) is 6.56. The minimum atomic E-state index is -0.411. The molecule has 2 aliphatic carbocycles. The smallest absolute Gasteiger partial charge is 0.0900 e. The minimum Gasteiger partial charge on any atom is -0.389 e. The first-order valence-corrected chi connectivity index (χ1v) is 9.38. The van der Waals surface area contributed by atoms with Crippen LogP contribution < -0.4 is 0 Å². The van der Waals surface area contributed by atoms with Crippen LogP contribution >= 0.6 is 0 Å². The first-order chi connectivity index (χ1) is 10.7. The summed E-state index contributed by atoms with van der Waals surface area (Å²) in [6, 6.07) is 0. The van der Waals surface area contributed by atoms with Crippen LogP contribution in [0.25, 0.3) is 0 Å². The van der Waals surface area contributed by atoms with Gasteiger partial charge < -0.3 is 14.6 Å². The van der Waals surface area contributed by atoms with Gasteiger partial charge in [0.2, 0.25) is 0 Å². The maximum absolute atomic E-state index is 10.5. The molecule has 3 fully saturated rings. The third-order valence-electron chi connectivity index (χ3n) is 6.56. The van der Waals surface area contributed by atoms with E-state index in [0.29, 0.717) is 18.6 Å². The molecule has 1 N–H and O–H groups in total.